The summed E-state index contributed by atoms with van der Waals surface area (Å²) < 4.78 is 10.5. The number of nitrogens with one attached hydrogen (secondary N) is 4. The first-order valence-electron chi connectivity index (χ1n) is 10.4. The highest BCUT2D eigenvalue weighted by atomic mass is 16.5. The Morgan fingerprint density at radius 3 is 1.87 bits per heavy atom. The molecule has 0 saturated heterocycles. The molecular formula is C23H30N4O4. The minimum Gasteiger partial charge on any atom is -0.495 e. The van der Waals surface area contributed by atoms with Crippen LogP contribution in [0.2, 0.25) is 0 Å². The fourth-order valence-electron chi connectivity index (χ4n) is 3.82. The Bertz CT molecular complexity index is 905. The van der Waals surface area contributed by atoms with Gasteiger partial charge >= 0.3 is 12.1 Å². The maximum Gasteiger partial charge on any atom is 0.319 e. The molecule has 0 unspecified atom stereocenters. The Morgan fingerprint density at radius 2 is 1.32 bits per heavy atom. The Kier molecular flexibility index (Phi) is 7.59. The van der Waals surface area contributed by atoms with Crippen molar-refractivity contribution in [1.29, 1.82) is 0 Å². The molecule has 2 aromatic rings. The van der Waals surface area contributed by atoms with Crippen LogP contribution < -0.4 is 30.7 Å². The standard InChI is InChI=1S/C23H30N4O4/c1-15-12-13-16(24-22(28)25-17-8-4-6-10-20(17)30-2)14-19(15)27-23(29)26-18-9-5-7-11-21(18)31-3/h4-11,15-16,19H,12-14H2,1-3H3,(H2,24,25,28)(H2,26,27,29)/t15-,16-,19+/m1/s1. The normalized spacial score (nSPS) is 20.3. The lowest BCUT2D eigenvalue weighted by atomic mass is 9.83. The van der Waals surface area contributed by atoms with Crippen LogP contribution in [0.4, 0.5) is 21.0 Å². The van der Waals surface area contributed by atoms with Crippen molar-refractivity contribution in [2.24, 2.45) is 5.92 Å². The maximum absolute atomic E-state index is 12.5. The quantitative estimate of drug-likeness (QED) is 0.556. The highest BCUT2D eigenvalue weighted by molar-refractivity contribution is 5.92. The van der Waals surface area contributed by atoms with Crippen molar-refractivity contribution in [3.63, 3.8) is 0 Å². The number of carbonyl (C=O) groups excluding carboxylic acids is 2. The van der Waals surface area contributed by atoms with Crippen molar-refractivity contribution >= 4 is 23.4 Å². The predicted molar refractivity (Wildman–Crippen MR) is 121 cm³/mol. The second-order valence-electron chi connectivity index (χ2n) is 7.69. The summed E-state index contributed by atoms with van der Waals surface area (Å²) in [6.07, 6.45) is 2.41. The minimum atomic E-state index is -0.291. The van der Waals surface area contributed by atoms with E-state index in [1.165, 1.54) is 0 Å². The monoisotopic (exact) mass is 426 g/mol. The van der Waals surface area contributed by atoms with Crippen LogP contribution in [0.5, 0.6) is 11.5 Å². The average molecular weight is 427 g/mol. The summed E-state index contributed by atoms with van der Waals surface area (Å²) in [5.74, 6) is 1.50. The molecule has 0 aliphatic heterocycles. The van der Waals surface area contributed by atoms with Gasteiger partial charge < -0.3 is 30.7 Å². The van der Waals surface area contributed by atoms with Crippen LogP contribution in [0.15, 0.2) is 48.5 Å². The van der Waals surface area contributed by atoms with E-state index in [1.807, 2.05) is 24.3 Å². The third-order valence-corrected chi connectivity index (χ3v) is 5.56. The van der Waals surface area contributed by atoms with Gasteiger partial charge in [-0.2, -0.15) is 0 Å². The number of rotatable bonds is 6. The molecule has 166 valence electrons. The number of hydrogen-bond donors (Lipinski definition) is 4. The summed E-state index contributed by atoms with van der Waals surface area (Å²) in [4.78, 5) is 25.0. The summed E-state index contributed by atoms with van der Waals surface area (Å²) >= 11 is 0. The second kappa shape index (κ2) is 10.6. The fourth-order valence-corrected chi connectivity index (χ4v) is 3.82. The summed E-state index contributed by atoms with van der Waals surface area (Å²) in [5.41, 5.74) is 1.22. The van der Waals surface area contributed by atoms with E-state index in [2.05, 4.69) is 28.2 Å². The lowest BCUT2D eigenvalue weighted by Gasteiger charge is -2.35. The SMILES string of the molecule is COc1ccccc1NC(=O)N[C@@H]1CC[C@@H](C)[C@@H](NC(=O)Nc2ccccc2OC)C1. The topological polar surface area (TPSA) is 101 Å². The summed E-state index contributed by atoms with van der Waals surface area (Å²) in [7, 11) is 3.13. The zero-order valence-corrected chi connectivity index (χ0v) is 18.1. The maximum atomic E-state index is 12.5. The molecule has 3 atom stereocenters. The Hall–Kier alpha value is -3.42. The first-order chi connectivity index (χ1) is 15.0. The first kappa shape index (κ1) is 22.3. The minimum absolute atomic E-state index is 0.0394. The van der Waals surface area contributed by atoms with Crippen molar-refractivity contribution in [2.75, 3.05) is 24.9 Å². The lowest BCUT2D eigenvalue weighted by molar-refractivity contribution is 0.213. The molecule has 8 nitrogen and oxygen atoms in total. The average Bonchev–Trinajstić information content (AvgIpc) is 2.76. The number of benzene rings is 2. The van der Waals surface area contributed by atoms with Gasteiger partial charge in [-0.1, -0.05) is 31.2 Å². The van der Waals surface area contributed by atoms with Gasteiger partial charge in [-0.05, 0) is 49.4 Å². The van der Waals surface area contributed by atoms with Crippen LogP contribution in [-0.4, -0.2) is 38.4 Å². The third-order valence-electron chi connectivity index (χ3n) is 5.56. The molecule has 3 rings (SSSR count). The van der Waals surface area contributed by atoms with E-state index in [0.717, 1.165) is 12.8 Å². The van der Waals surface area contributed by atoms with Gasteiger partial charge in [-0.3, -0.25) is 0 Å². The Balaban J connectivity index is 1.54. The molecule has 1 aliphatic carbocycles. The van der Waals surface area contributed by atoms with Crippen molar-refractivity contribution in [1.82, 2.24) is 10.6 Å². The van der Waals surface area contributed by atoms with Gasteiger partial charge in [-0.25, -0.2) is 9.59 Å². The summed E-state index contributed by atoms with van der Waals surface area (Å²) in [6.45, 7) is 2.11. The van der Waals surface area contributed by atoms with Crippen LogP contribution in [0, 0.1) is 5.92 Å². The van der Waals surface area contributed by atoms with Gasteiger partial charge in [0.25, 0.3) is 0 Å². The van der Waals surface area contributed by atoms with Crippen molar-refractivity contribution in [2.45, 2.75) is 38.3 Å². The van der Waals surface area contributed by atoms with Gasteiger partial charge in [-0.15, -0.1) is 0 Å². The second-order valence-corrected chi connectivity index (χ2v) is 7.69. The molecule has 0 bridgehead atoms. The summed E-state index contributed by atoms with van der Waals surface area (Å²) in [5, 5.41) is 11.7. The molecule has 1 saturated carbocycles. The molecule has 0 aromatic heterocycles. The number of methoxy groups -OCH3 is 2. The molecule has 8 heteroatoms. The molecule has 1 aliphatic rings. The molecule has 4 N–H and O–H groups in total. The van der Waals surface area contributed by atoms with Crippen LogP contribution in [0.25, 0.3) is 0 Å². The fraction of sp³-hybridized carbons (Fsp3) is 0.391. The number of urea groups is 2. The molecular weight excluding hydrogens is 396 g/mol. The number of ether oxygens (including phenoxy) is 2. The molecule has 0 spiro atoms. The summed E-state index contributed by atoms with van der Waals surface area (Å²) in [6, 6.07) is 13.8. The third kappa shape index (κ3) is 6.04. The number of para-hydroxylation sites is 4. The van der Waals surface area contributed by atoms with Crippen LogP contribution in [0.3, 0.4) is 0 Å². The van der Waals surface area contributed by atoms with E-state index >= 15 is 0 Å². The van der Waals surface area contributed by atoms with E-state index in [1.54, 1.807) is 38.5 Å². The zero-order valence-electron chi connectivity index (χ0n) is 18.1. The van der Waals surface area contributed by atoms with Gasteiger partial charge in [0.05, 0.1) is 25.6 Å². The molecule has 0 radical (unpaired) electrons. The predicted octanol–water partition coefficient (Wildman–Crippen LogP) is 4.20. The molecule has 0 heterocycles. The highest BCUT2D eigenvalue weighted by Crippen LogP contribution is 2.27. The van der Waals surface area contributed by atoms with Crippen LogP contribution in [-0.2, 0) is 0 Å². The van der Waals surface area contributed by atoms with E-state index in [4.69, 9.17) is 9.47 Å². The largest absolute Gasteiger partial charge is 0.495 e. The highest BCUT2D eigenvalue weighted by Gasteiger charge is 2.30. The Morgan fingerprint density at radius 1 is 0.806 bits per heavy atom. The van der Waals surface area contributed by atoms with Gasteiger partial charge in [0.1, 0.15) is 11.5 Å². The van der Waals surface area contributed by atoms with E-state index in [9.17, 15) is 9.59 Å². The van der Waals surface area contributed by atoms with Crippen LogP contribution in [0.1, 0.15) is 26.2 Å². The van der Waals surface area contributed by atoms with Crippen LogP contribution >= 0.6 is 0 Å². The molecule has 1 fully saturated rings. The van der Waals surface area contributed by atoms with Crippen molar-refractivity contribution in [3.05, 3.63) is 48.5 Å². The van der Waals surface area contributed by atoms with E-state index < -0.39 is 0 Å². The molecule has 2 aromatic carbocycles. The lowest BCUT2D eigenvalue weighted by Crippen LogP contribution is -2.50. The van der Waals surface area contributed by atoms with Crippen molar-refractivity contribution < 1.29 is 19.1 Å². The van der Waals surface area contributed by atoms with E-state index in [-0.39, 0.29) is 24.1 Å². The number of amides is 4. The van der Waals surface area contributed by atoms with Gasteiger partial charge in [0.2, 0.25) is 0 Å². The molecule has 4 amide bonds. The number of anilines is 2. The number of hydrogen-bond acceptors (Lipinski definition) is 4. The van der Waals surface area contributed by atoms with Crippen molar-refractivity contribution in [3.8, 4) is 11.5 Å². The van der Waals surface area contributed by atoms with E-state index in [0.29, 0.717) is 35.2 Å². The Labute approximate surface area is 182 Å². The van der Waals surface area contributed by atoms with Gasteiger partial charge in [0.15, 0.2) is 0 Å². The first-order valence-corrected chi connectivity index (χ1v) is 10.4. The zero-order chi connectivity index (χ0) is 22.2. The van der Waals surface area contributed by atoms with Gasteiger partial charge in [0, 0.05) is 12.1 Å². The molecule has 31 heavy (non-hydrogen) atoms. The number of carbonyl (C=O) groups is 2. The smallest absolute Gasteiger partial charge is 0.319 e.